The first-order valence-corrected chi connectivity index (χ1v) is 5.71. The van der Waals surface area contributed by atoms with Crippen LogP contribution in [0.4, 0.5) is 0 Å². The van der Waals surface area contributed by atoms with Crippen molar-refractivity contribution in [2.45, 2.75) is 12.3 Å². The maximum atomic E-state index is 11.1. The lowest BCUT2D eigenvalue weighted by molar-refractivity contribution is -0.142. The molecule has 1 aliphatic carbocycles. The SMILES string of the molecule is COC(=O)C1CC1c1csc(Br)c1. The van der Waals surface area contributed by atoms with Gasteiger partial charge >= 0.3 is 5.97 Å². The van der Waals surface area contributed by atoms with Gasteiger partial charge < -0.3 is 4.74 Å². The van der Waals surface area contributed by atoms with Crippen LogP contribution >= 0.6 is 27.3 Å². The summed E-state index contributed by atoms with van der Waals surface area (Å²) in [5.74, 6) is 0.425. The Bertz CT molecular complexity index is 334. The summed E-state index contributed by atoms with van der Waals surface area (Å²) in [5.41, 5.74) is 1.26. The zero-order chi connectivity index (χ0) is 9.42. The Morgan fingerprint density at radius 1 is 1.77 bits per heavy atom. The first-order chi connectivity index (χ1) is 6.22. The van der Waals surface area contributed by atoms with Gasteiger partial charge in [-0.1, -0.05) is 0 Å². The molecule has 1 fully saturated rings. The third-order valence-electron chi connectivity index (χ3n) is 2.31. The summed E-state index contributed by atoms with van der Waals surface area (Å²) in [4.78, 5) is 11.1. The van der Waals surface area contributed by atoms with Gasteiger partial charge in [0.25, 0.3) is 0 Å². The molecule has 4 heteroatoms. The van der Waals surface area contributed by atoms with E-state index in [1.807, 2.05) is 0 Å². The molecule has 0 amide bonds. The van der Waals surface area contributed by atoms with Crippen molar-refractivity contribution in [3.8, 4) is 0 Å². The van der Waals surface area contributed by atoms with Crippen LogP contribution in [0.2, 0.25) is 0 Å². The van der Waals surface area contributed by atoms with E-state index in [1.54, 1.807) is 11.3 Å². The maximum absolute atomic E-state index is 11.1. The molecule has 0 saturated heterocycles. The van der Waals surface area contributed by atoms with Gasteiger partial charge in [-0.05, 0) is 45.3 Å². The summed E-state index contributed by atoms with van der Waals surface area (Å²) in [6.45, 7) is 0. The average Bonchev–Trinajstić information content (AvgIpc) is 2.82. The minimum absolute atomic E-state index is 0.0766. The predicted octanol–water partition coefficient (Wildman–Crippen LogP) is 2.79. The highest BCUT2D eigenvalue weighted by molar-refractivity contribution is 9.11. The van der Waals surface area contributed by atoms with Crippen molar-refractivity contribution in [1.82, 2.24) is 0 Å². The lowest BCUT2D eigenvalue weighted by atomic mass is 10.2. The van der Waals surface area contributed by atoms with E-state index in [4.69, 9.17) is 0 Å². The second-order valence-corrected chi connectivity index (χ2v) is 5.45. The minimum atomic E-state index is -0.0766. The molecular formula is C9H9BrO2S. The molecule has 2 atom stereocenters. The smallest absolute Gasteiger partial charge is 0.309 e. The quantitative estimate of drug-likeness (QED) is 0.765. The predicted molar refractivity (Wildman–Crippen MR) is 54.9 cm³/mol. The Morgan fingerprint density at radius 2 is 2.54 bits per heavy atom. The van der Waals surface area contributed by atoms with E-state index in [2.05, 4.69) is 32.1 Å². The molecule has 0 spiro atoms. The van der Waals surface area contributed by atoms with Crippen LogP contribution in [0, 0.1) is 5.92 Å². The Labute approximate surface area is 89.0 Å². The van der Waals surface area contributed by atoms with Crippen molar-refractivity contribution in [2.24, 2.45) is 5.92 Å². The number of rotatable bonds is 2. The summed E-state index contributed by atoms with van der Waals surface area (Å²) in [6, 6.07) is 2.08. The van der Waals surface area contributed by atoms with Gasteiger partial charge in [0.2, 0.25) is 0 Å². The molecule has 0 aromatic carbocycles. The van der Waals surface area contributed by atoms with Crippen molar-refractivity contribution in [3.05, 3.63) is 20.8 Å². The van der Waals surface area contributed by atoms with E-state index in [0.717, 1.165) is 10.2 Å². The van der Waals surface area contributed by atoms with Gasteiger partial charge in [-0.15, -0.1) is 11.3 Å². The van der Waals surface area contributed by atoms with Crippen molar-refractivity contribution < 1.29 is 9.53 Å². The van der Waals surface area contributed by atoms with Gasteiger partial charge in [-0.25, -0.2) is 0 Å². The van der Waals surface area contributed by atoms with E-state index < -0.39 is 0 Å². The Hall–Kier alpha value is -0.350. The van der Waals surface area contributed by atoms with Gasteiger partial charge in [0.1, 0.15) is 0 Å². The van der Waals surface area contributed by atoms with Crippen LogP contribution < -0.4 is 0 Å². The second-order valence-electron chi connectivity index (χ2n) is 3.16. The molecule has 0 radical (unpaired) electrons. The summed E-state index contributed by atoms with van der Waals surface area (Å²) in [5, 5.41) is 2.09. The Morgan fingerprint density at radius 3 is 3.08 bits per heavy atom. The maximum Gasteiger partial charge on any atom is 0.309 e. The lowest BCUT2D eigenvalue weighted by Gasteiger charge is -1.95. The number of methoxy groups -OCH3 is 1. The monoisotopic (exact) mass is 260 g/mol. The molecular weight excluding hydrogens is 252 g/mol. The summed E-state index contributed by atoms with van der Waals surface area (Å²) < 4.78 is 5.81. The van der Waals surface area contributed by atoms with Crippen LogP contribution in [0.5, 0.6) is 0 Å². The van der Waals surface area contributed by atoms with E-state index in [0.29, 0.717) is 5.92 Å². The summed E-state index contributed by atoms with van der Waals surface area (Å²) in [7, 11) is 1.45. The van der Waals surface area contributed by atoms with Crippen LogP contribution in [0.1, 0.15) is 17.9 Å². The van der Waals surface area contributed by atoms with Crippen molar-refractivity contribution in [1.29, 1.82) is 0 Å². The molecule has 2 rings (SSSR count). The van der Waals surface area contributed by atoms with Crippen LogP contribution in [-0.2, 0) is 9.53 Å². The van der Waals surface area contributed by atoms with Crippen molar-refractivity contribution in [2.75, 3.05) is 7.11 Å². The molecule has 0 N–H and O–H groups in total. The number of hydrogen-bond donors (Lipinski definition) is 0. The molecule has 13 heavy (non-hydrogen) atoms. The molecule has 1 aromatic rings. The molecule has 1 aliphatic rings. The standard InChI is InChI=1S/C9H9BrO2S/c1-12-9(11)7-3-6(7)5-2-8(10)13-4-5/h2,4,6-7H,3H2,1H3. The minimum Gasteiger partial charge on any atom is -0.469 e. The van der Waals surface area contributed by atoms with Gasteiger partial charge in [0, 0.05) is 0 Å². The third kappa shape index (κ3) is 1.79. The first-order valence-electron chi connectivity index (χ1n) is 4.04. The fourth-order valence-electron chi connectivity index (χ4n) is 1.49. The highest BCUT2D eigenvalue weighted by atomic mass is 79.9. The van der Waals surface area contributed by atoms with E-state index >= 15 is 0 Å². The molecule has 70 valence electrons. The normalized spacial score (nSPS) is 25.7. The van der Waals surface area contributed by atoms with Crippen molar-refractivity contribution in [3.63, 3.8) is 0 Å². The van der Waals surface area contributed by atoms with Gasteiger partial charge in [0.05, 0.1) is 16.8 Å². The largest absolute Gasteiger partial charge is 0.469 e. The van der Waals surface area contributed by atoms with Gasteiger partial charge in [0.15, 0.2) is 0 Å². The van der Waals surface area contributed by atoms with E-state index in [-0.39, 0.29) is 11.9 Å². The molecule has 2 unspecified atom stereocenters. The number of halogens is 1. The van der Waals surface area contributed by atoms with Crippen LogP contribution in [-0.4, -0.2) is 13.1 Å². The zero-order valence-electron chi connectivity index (χ0n) is 7.12. The van der Waals surface area contributed by atoms with Gasteiger partial charge in [-0.3, -0.25) is 4.79 Å². The second kappa shape index (κ2) is 3.42. The summed E-state index contributed by atoms with van der Waals surface area (Å²) in [6.07, 6.45) is 0.940. The lowest BCUT2D eigenvalue weighted by Crippen LogP contribution is -2.03. The van der Waals surface area contributed by atoms with E-state index in [9.17, 15) is 4.79 Å². The molecule has 1 aromatic heterocycles. The van der Waals surface area contributed by atoms with Crippen LogP contribution in [0.15, 0.2) is 15.2 Å². The number of carbonyl (C=O) groups excluding carboxylic acids is 1. The van der Waals surface area contributed by atoms with Gasteiger partial charge in [-0.2, -0.15) is 0 Å². The fraction of sp³-hybridized carbons (Fsp3) is 0.444. The molecule has 0 aliphatic heterocycles. The topological polar surface area (TPSA) is 26.3 Å². The number of hydrogen-bond acceptors (Lipinski definition) is 3. The van der Waals surface area contributed by atoms with Crippen molar-refractivity contribution >= 4 is 33.2 Å². The molecule has 0 bridgehead atoms. The fourth-order valence-corrected chi connectivity index (χ4v) is 2.73. The van der Waals surface area contributed by atoms with Crippen LogP contribution in [0.3, 0.4) is 0 Å². The molecule has 2 nitrogen and oxygen atoms in total. The third-order valence-corrected chi connectivity index (χ3v) is 3.83. The van der Waals surface area contributed by atoms with Crippen LogP contribution in [0.25, 0.3) is 0 Å². The first kappa shape index (κ1) is 9.21. The highest BCUT2D eigenvalue weighted by Gasteiger charge is 2.45. The molecule has 1 saturated carbocycles. The number of ether oxygens (including phenoxy) is 1. The Kier molecular flexibility index (Phi) is 2.43. The Balaban J connectivity index is 2.04. The average molecular weight is 261 g/mol. The van der Waals surface area contributed by atoms with E-state index in [1.165, 1.54) is 12.7 Å². The highest BCUT2D eigenvalue weighted by Crippen LogP contribution is 2.49. The summed E-state index contributed by atoms with van der Waals surface area (Å²) >= 11 is 5.06. The number of carbonyl (C=O) groups is 1. The number of esters is 1. The molecule has 1 heterocycles. The number of thiophene rings is 1. The zero-order valence-corrected chi connectivity index (χ0v) is 9.52.